The highest BCUT2D eigenvalue weighted by atomic mass is 32.1. The van der Waals surface area contributed by atoms with Crippen molar-refractivity contribution in [1.29, 1.82) is 5.41 Å². The monoisotopic (exact) mass is 132 g/mol. The van der Waals surface area contributed by atoms with Crippen molar-refractivity contribution in [3.05, 3.63) is 0 Å². The van der Waals surface area contributed by atoms with E-state index in [-0.39, 0.29) is 5.71 Å². The summed E-state index contributed by atoms with van der Waals surface area (Å²) >= 11 is 3.29. The second kappa shape index (κ2) is 3.20. The van der Waals surface area contributed by atoms with Gasteiger partial charge < -0.3 is 10.5 Å². The van der Waals surface area contributed by atoms with Crippen LogP contribution in [0.3, 0.4) is 0 Å². The first-order valence-electron chi connectivity index (χ1n) is 1.68. The molecule has 0 saturated carbocycles. The lowest BCUT2D eigenvalue weighted by Crippen LogP contribution is -2.12. The summed E-state index contributed by atoms with van der Waals surface area (Å²) in [6, 6.07) is 0. The summed E-state index contributed by atoms with van der Waals surface area (Å²) in [7, 11) is 0. The minimum Gasteiger partial charge on any atom is -0.476 e. The summed E-state index contributed by atoms with van der Waals surface area (Å²) in [4.78, 5) is 9.83. The average Bonchev–Trinajstić information content (AvgIpc) is 1.69. The molecule has 2 N–H and O–H groups in total. The molecular weight excluding hydrogens is 128 g/mol. The number of hydrogen-bond donors (Lipinski definition) is 3. The Hall–Kier alpha value is -0.840. The number of carboxylic acid groups (broad SMARTS) is 1. The molecule has 0 aliphatic carbocycles. The van der Waals surface area contributed by atoms with Gasteiger partial charge in [0.2, 0.25) is 0 Å². The molecular formula is C3H4N2O2S. The summed E-state index contributed by atoms with van der Waals surface area (Å²) in [6.07, 6.45) is 0.620. The molecule has 8 heavy (non-hydrogen) atoms. The maximum Gasteiger partial charge on any atom is 0.356 e. The highest BCUT2D eigenvalue weighted by Gasteiger charge is 2.01. The van der Waals surface area contributed by atoms with E-state index in [0.29, 0.717) is 6.21 Å². The summed E-state index contributed by atoms with van der Waals surface area (Å²) in [5, 5.41) is 14.4. The maximum atomic E-state index is 9.83. The van der Waals surface area contributed by atoms with Gasteiger partial charge in [-0.1, -0.05) is 0 Å². The Balaban J connectivity index is 4.13. The van der Waals surface area contributed by atoms with Crippen molar-refractivity contribution in [1.82, 2.24) is 0 Å². The lowest BCUT2D eigenvalue weighted by molar-refractivity contribution is -0.129. The molecule has 0 atom stereocenters. The molecule has 0 unspecified atom stereocenters. The largest absolute Gasteiger partial charge is 0.476 e. The molecule has 5 heteroatoms. The first-order valence-corrected chi connectivity index (χ1v) is 2.08. The van der Waals surface area contributed by atoms with Gasteiger partial charge in [0.15, 0.2) is 5.71 Å². The normalized spacial score (nSPS) is 10.9. The van der Waals surface area contributed by atoms with Gasteiger partial charge in [0.05, 0.1) is 6.21 Å². The Bertz CT molecular complexity index is 142. The van der Waals surface area contributed by atoms with Gasteiger partial charge in [-0.15, -0.1) is 0 Å². The molecule has 0 heterocycles. The number of carbonyl (C=O) groups is 1. The van der Waals surface area contributed by atoms with Crippen LogP contribution in [0, 0.1) is 5.41 Å². The van der Waals surface area contributed by atoms with Crippen LogP contribution in [-0.4, -0.2) is 23.0 Å². The highest BCUT2D eigenvalue weighted by Crippen LogP contribution is 1.78. The molecule has 0 fully saturated rings. The molecule has 0 rings (SSSR count). The molecule has 0 aromatic carbocycles. The zero-order chi connectivity index (χ0) is 6.57. The van der Waals surface area contributed by atoms with E-state index >= 15 is 0 Å². The van der Waals surface area contributed by atoms with Gasteiger partial charge in [-0.25, -0.2) is 9.19 Å². The number of hydrogen-bond acceptors (Lipinski definition) is 4. The van der Waals surface area contributed by atoms with Crippen molar-refractivity contribution >= 4 is 30.7 Å². The molecule has 0 aromatic rings. The molecule has 4 nitrogen and oxygen atoms in total. The zero-order valence-corrected chi connectivity index (χ0v) is 4.72. The van der Waals surface area contributed by atoms with E-state index in [2.05, 4.69) is 17.2 Å². The van der Waals surface area contributed by atoms with Crippen LogP contribution in [0.4, 0.5) is 0 Å². The zero-order valence-electron chi connectivity index (χ0n) is 3.83. The quantitative estimate of drug-likeness (QED) is 0.365. The predicted molar refractivity (Wildman–Crippen MR) is 32.8 cm³/mol. The first kappa shape index (κ1) is 7.16. The van der Waals surface area contributed by atoms with Gasteiger partial charge >= 0.3 is 5.97 Å². The van der Waals surface area contributed by atoms with E-state index in [1.165, 1.54) is 0 Å². The lowest BCUT2D eigenvalue weighted by atomic mass is 10.4. The molecule has 0 spiro atoms. The van der Waals surface area contributed by atoms with Crippen LogP contribution < -0.4 is 0 Å². The van der Waals surface area contributed by atoms with Gasteiger partial charge in [-0.3, -0.25) is 0 Å². The number of rotatable bonds is 2. The SMILES string of the molecule is N=C/C(=N\S)C(=O)O. The Labute approximate surface area is 51.3 Å². The molecule has 0 saturated heterocycles. The van der Waals surface area contributed by atoms with Crippen LogP contribution >= 0.6 is 12.8 Å². The minimum absolute atomic E-state index is 0.367. The van der Waals surface area contributed by atoms with Gasteiger partial charge in [-0.2, -0.15) is 0 Å². The Morgan fingerprint density at radius 2 is 2.38 bits per heavy atom. The van der Waals surface area contributed by atoms with E-state index < -0.39 is 5.97 Å². The molecule has 0 aromatic heterocycles. The van der Waals surface area contributed by atoms with Gasteiger partial charge in [0.1, 0.15) is 0 Å². The summed E-state index contributed by atoms with van der Waals surface area (Å²) in [6.45, 7) is 0. The van der Waals surface area contributed by atoms with Crippen LogP contribution in [0.25, 0.3) is 0 Å². The van der Waals surface area contributed by atoms with E-state index in [0.717, 1.165) is 0 Å². The molecule has 44 valence electrons. The summed E-state index contributed by atoms with van der Waals surface area (Å²) in [5.74, 6) is -1.24. The van der Waals surface area contributed by atoms with Crippen LogP contribution in [0.15, 0.2) is 4.40 Å². The van der Waals surface area contributed by atoms with Gasteiger partial charge in [0.25, 0.3) is 0 Å². The van der Waals surface area contributed by atoms with Gasteiger partial charge in [-0.05, 0) is 12.8 Å². The second-order valence-corrected chi connectivity index (χ2v) is 1.13. The number of nitrogens with zero attached hydrogens (tertiary/aromatic N) is 1. The Kier molecular flexibility index (Phi) is 2.86. The van der Waals surface area contributed by atoms with Gasteiger partial charge in [0, 0.05) is 0 Å². The fourth-order valence-corrected chi connectivity index (χ4v) is 0.277. The van der Waals surface area contributed by atoms with E-state index in [4.69, 9.17) is 10.5 Å². The maximum absolute atomic E-state index is 9.83. The van der Waals surface area contributed by atoms with E-state index in [9.17, 15) is 4.79 Å². The fraction of sp³-hybridized carbons (Fsp3) is 0. The number of carboxylic acids is 1. The minimum atomic E-state index is -1.24. The smallest absolute Gasteiger partial charge is 0.356 e. The molecule has 0 aliphatic rings. The molecule has 0 radical (unpaired) electrons. The standard InChI is InChI=1S/C3H4N2O2S/c4-1-2(5-8)3(6)7/h1,4,8H,(H,6,7)/b4-1?,5-2+. The summed E-state index contributed by atoms with van der Waals surface area (Å²) < 4.78 is 2.97. The van der Waals surface area contributed by atoms with E-state index in [1.54, 1.807) is 0 Å². The summed E-state index contributed by atoms with van der Waals surface area (Å²) in [5.41, 5.74) is -0.367. The highest BCUT2D eigenvalue weighted by molar-refractivity contribution is 7.79. The van der Waals surface area contributed by atoms with Crippen molar-refractivity contribution < 1.29 is 9.90 Å². The topological polar surface area (TPSA) is 73.5 Å². The van der Waals surface area contributed by atoms with Crippen LogP contribution in [0.2, 0.25) is 0 Å². The fourth-order valence-electron chi connectivity index (χ4n) is 0.133. The Morgan fingerprint density at radius 1 is 1.88 bits per heavy atom. The van der Waals surface area contributed by atoms with Crippen molar-refractivity contribution in [2.24, 2.45) is 4.40 Å². The lowest BCUT2D eigenvalue weighted by Gasteiger charge is -1.83. The number of nitrogens with one attached hydrogen (secondary N) is 1. The van der Waals surface area contributed by atoms with Crippen LogP contribution in [-0.2, 0) is 4.79 Å². The third-order valence-corrected chi connectivity index (χ3v) is 0.679. The average molecular weight is 132 g/mol. The molecule has 0 aliphatic heterocycles. The predicted octanol–water partition coefficient (Wildman–Crippen LogP) is 0.00637. The third-order valence-electron chi connectivity index (χ3n) is 0.464. The number of thiol groups is 1. The van der Waals surface area contributed by atoms with Crippen molar-refractivity contribution in [3.63, 3.8) is 0 Å². The van der Waals surface area contributed by atoms with Crippen molar-refractivity contribution in [2.45, 2.75) is 0 Å². The van der Waals surface area contributed by atoms with Crippen LogP contribution in [0.1, 0.15) is 0 Å². The third kappa shape index (κ3) is 1.74. The van der Waals surface area contributed by atoms with Crippen molar-refractivity contribution in [3.8, 4) is 0 Å². The molecule has 0 bridgehead atoms. The number of aliphatic carboxylic acids is 1. The molecule has 0 amide bonds. The van der Waals surface area contributed by atoms with Crippen molar-refractivity contribution in [2.75, 3.05) is 0 Å². The Morgan fingerprint density at radius 3 is 2.38 bits per heavy atom. The first-order chi connectivity index (χ1) is 3.72. The second-order valence-electron chi connectivity index (χ2n) is 0.935. The van der Waals surface area contributed by atoms with E-state index in [1.807, 2.05) is 0 Å². The van der Waals surface area contributed by atoms with Crippen LogP contribution in [0.5, 0.6) is 0 Å².